The van der Waals surface area contributed by atoms with Crippen molar-refractivity contribution in [3.63, 3.8) is 0 Å². The van der Waals surface area contributed by atoms with Crippen LogP contribution >= 0.6 is 23.4 Å². The van der Waals surface area contributed by atoms with Crippen molar-refractivity contribution in [2.24, 2.45) is 0 Å². The van der Waals surface area contributed by atoms with E-state index in [0.717, 1.165) is 0 Å². The van der Waals surface area contributed by atoms with Gasteiger partial charge in [-0.25, -0.2) is 12.8 Å². The zero-order valence-corrected chi connectivity index (χ0v) is 13.7. The van der Waals surface area contributed by atoms with Gasteiger partial charge in [0.25, 0.3) is 0 Å². The lowest BCUT2D eigenvalue weighted by molar-refractivity contribution is -0.120. The predicted octanol–water partition coefficient (Wildman–Crippen LogP) is 2.26. The van der Waals surface area contributed by atoms with E-state index in [9.17, 15) is 17.6 Å². The van der Waals surface area contributed by atoms with Crippen molar-refractivity contribution in [1.82, 2.24) is 5.32 Å². The molecular weight excluding hydrogens is 337 g/mol. The Morgan fingerprint density at radius 1 is 1.52 bits per heavy atom. The molecule has 0 spiro atoms. The molecule has 21 heavy (non-hydrogen) atoms. The van der Waals surface area contributed by atoms with E-state index < -0.39 is 20.9 Å². The molecule has 0 aromatic heterocycles. The molecule has 116 valence electrons. The molecule has 1 fully saturated rings. The van der Waals surface area contributed by atoms with Gasteiger partial charge >= 0.3 is 0 Å². The number of halogens is 2. The summed E-state index contributed by atoms with van der Waals surface area (Å²) >= 11 is 6.94. The van der Waals surface area contributed by atoms with Crippen LogP contribution in [0.3, 0.4) is 0 Å². The molecule has 4 nitrogen and oxygen atoms in total. The zero-order chi connectivity index (χ0) is 15.6. The number of amides is 1. The van der Waals surface area contributed by atoms with Gasteiger partial charge in [-0.3, -0.25) is 4.79 Å². The molecule has 2 atom stereocenters. The summed E-state index contributed by atoms with van der Waals surface area (Å²) < 4.78 is 35.8. The number of carbonyl (C=O) groups is 1. The smallest absolute Gasteiger partial charge is 0.233 e. The lowest BCUT2D eigenvalue weighted by Crippen LogP contribution is -2.39. The van der Waals surface area contributed by atoms with Gasteiger partial charge in [-0.2, -0.15) is 0 Å². The Bertz CT molecular complexity index is 651. The lowest BCUT2D eigenvalue weighted by Gasteiger charge is -2.15. The van der Waals surface area contributed by atoms with E-state index in [-0.39, 0.29) is 28.5 Å². The Morgan fingerprint density at radius 3 is 2.81 bits per heavy atom. The third kappa shape index (κ3) is 4.59. The van der Waals surface area contributed by atoms with Gasteiger partial charge < -0.3 is 5.32 Å². The summed E-state index contributed by atoms with van der Waals surface area (Å²) in [5.74, 6) is -0.622. The highest BCUT2D eigenvalue weighted by Gasteiger charge is 2.30. The fraction of sp³-hybridized carbons (Fsp3) is 0.462. The highest BCUT2D eigenvalue weighted by molar-refractivity contribution is 8.00. The second kappa shape index (κ2) is 6.54. The SMILES string of the molecule is C[C@@H](Sc1ccc(F)c(Cl)c1)C(=O)N[C@H]1CCS(=O)(=O)C1. The largest absolute Gasteiger partial charge is 0.351 e. The highest BCUT2D eigenvalue weighted by atomic mass is 35.5. The maximum Gasteiger partial charge on any atom is 0.233 e. The van der Waals surface area contributed by atoms with Crippen LogP contribution in [-0.4, -0.2) is 37.1 Å². The van der Waals surface area contributed by atoms with Gasteiger partial charge in [0.15, 0.2) is 9.84 Å². The summed E-state index contributed by atoms with van der Waals surface area (Å²) in [4.78, 5) is 12.7. The summed E-state index contributed by atoms with van der Waals surface area (Å²) in [6.07, 6.45) is 0.452. The fourth-order valence-electron chi connectivity index (χ4n) is 2.04. The third-order valence-electron chi connectivity index (χ3n) is 3.15. The Labute approximate surface area is 132 Å². The van der Waals surface area contributed by atoms with Crippen LogP contribution in [0.5, 0.6) is 0 Å². The number of benzene rings is 1. The Hall–Kier alpha value is -0.790. The maximum absolute atomic E-state index is 13.1. The Balaban J connectivity index is 1.92. The number of sulfone groups is 1. The van der Waals surface area contributed by atoms with Crippen LogP contribution < -0.4 is 5.32 Å². The van der Waals surface area contributed by atoms with Gasteiger partial charge in [0.2, 0.25) is 5.91 Å². The molecule has 1 saturated heterocycles. The van der Waals surface area contributed by atoms with Crippen molar-refractivity contribution in [3.05, 3.63) is 29.0 Å². The number of carbonyl (C=O) groups excluding carboxylic acids is 1. The van der Waals surface area contributed by atoms with E-state index in [0.29, 0.717) is 11.3 Å². The van der Waals surface area contributed by atoms with Crippen molar-refractivity contribution in [2.75, 3.05) is 11.5 Å². The standard InChI is InChI=1S/C13H15ClFNO3S2/c1-8(20-10-2-3-12(15)11(14)6-10)13(17)16-9-4-5-21(18,19)7-9/h2-3,6,8-9H,4-5,7H2,1H3,(H,16,17)/t8-,9+/m1/s1. The molecule has 0 radical (unpaired) electrons. The van der Waals surface area contributed by atoms with Crippen LogP contribution in [0.25, 0.3) is 0 Å². The van der Waals surface area contributed by atoms with E-state index in [2.05, 4.69) is 5.32 Å². The first-order chi connectivity index (χ1) is 9.77. The van der Waals surface area contributed by atoms with Crippen molar-refractivity contribution in [3.8, 4) is 0 Å². The quantitative estimate of drug-likeness (QED) is 0.845. The van der Waals surface area contributed by atoms with E-state index in [1.807, 2.05) is 0 Å². The van der Waals surface area contributed by atoms with Crippen molar-refractivity contribution in [2.45, 2.75) is 29.5 Å². The number of nitrogens with one attached hydrogen (secondary N) is 1. The molecule has 0 saturated carbocycles. The lowest BCUT2D eigenvalue weighted by atomic mass is 10.2. The molecule has 1 aliphatic rings. The topological polar surface area (TPSA) is 63.2 Å². The minimum atomic E-state index is -3.02. The van der Waals surface area contributed by atoms with Crippen LogP contribution in [0.15, 0.2) is 23.1 Å². The first kappa shape index (κ1) is 16.6. The first-order valence-corrected chi connectivity index (χ1v) is 9.47. The summed E-state index contributed by atoms with van der Waals surface area (Å²) in [5.41, 5.74) is 0. The Kier molecular flexibility index (Phi) is 5.16. The molecule has 0 unspecified atom stereocenters. The number of hydrogen-bond acceptors (Lipinski definition) is 4. The van der Waals surface area contributed by atoms with Gasteiger partial charge in [-0.05, 0) is 31.5 Å². The third-order valence-corrected chi connectivity index (χ3v) is 6.30. The van der Waals surface area contributed by atoms with Crippen LogP contribution in [0.2, 0.25) is 5.02 Å². The molecule has 1 heterocycles. The summed E-state index contributed by atoms with van der Waals surface area (Å²) in [7, 11) is -3.02. The van der Waals surface area contributed by atoms with E-state index in [1.165, 1.54) is 23.9 Å². The fourth-order valence-corrected chi connectivity index (χ4v) is 4.87. The van der Waals surface area contributed by atoms with Gasteiger partial charge in [0.1, 0.15) is 5.82 Å². The van der Waals surface area contributed by atoms with Gasteiger partial charge in [-0.15, -0.1) is 11.8 Å². The van der Waals surface area contributed by atoms with E-state index >= 15 is 0 Å². The normalized spacial score (nSPS) is 22.0. The number of hydrogen-bond donors (Lipinski definition) is 1. The molecule has 1 aliphatic heterocycles. The average molecular weight is 352 g/mol. The van der Waals surface area contributed by atoms with Crippen molar-refractivity contribution >= 4 is 39.1 Å². The summed E-state index contributed by atoms with van der Waals surface area (Å²) in [6.45, 7) is 1.71. The van der Waals surface area contributed by atoms with Crippen LogP contribution in [-0.2, 0) is 14.6 Å². The Morgan fingerprint density at radius 2 is 2.24 bits per heavy atom. The first-order valence-electron chi connectivity index (χ1n) is 6.39. The minimum Gasteiger partial charge on any atom is -0.351 e. The molecule has 2 rings (SSSR count). The summed E-state index contributed by atoms with van der Waals surface area (Å²) in [5, 5.41) is 2.32. The highest BCUT2D eigenvalue weighted by Crippen LogP contribution is 2.27. The van der Waals surface area contributed by atoms with E-state index in [1.54, 1.807) is 13.0 Å². The minimum absolute atomic E-state index is 0.00149. The molecule has 1 amide bonds. The molecule has 1 aromatic rings. The molecule has 8 heteroatoms. The number of thioether (sulfide) groups is 1. The van der Waals surface area contributed by atoms with Gasteiger partial charge in [-0.1, -0.05) is 11.6 Å². The maximum atomic E-state index is 13.1. The second-order valence-electron chi connectivity index (χ2n) is 4.94. The molecule has 0 bridgehead atoms. The van der Waals surface area contributed by atoms with Gasteiger partial charge in [0, 0.05) is 10.9 Å². The predicted molar refractivity (Wildman–Crippen MR) is 81.9 cm³/mol. The second-order valence-corrected chi connectivity index (χ2v) is 8.99. The zero-order valence-electron chi connectivity index (χ0n) is 11.3. The van der Waals surface area contributed by atoms with E-state index in [4.69, 9.17) is 11.6 Å². The molecule has 1 N–H and O–H groups in total. The van der Waals surface area contributed by atoms with Crippen molar-refractivity contribution in [1.29, 1.82) is 0 Å². The average Bonchev–Trinajstić information content (AvgIpc) is 2.73. The monoisotopic (exact) mass is 351 g/mol. The van der Waals surface area contributed by atoms with Gasteiger partial charge in [0.05, 0.1) is 21.8 Å². The number of rotatable bonds is 4. The van der Waals surface area contributed by atoms with Crippen LogP contribution in [0.1, 0.15) is 13.3 Å². The molecule has 1 aromatic carbocycles. The molecular formula is C13H15ClFNO3S2. The van der Waals surface area contributed by atoms with Crippen molar-refractivity contribution < 1.29 is 17.6 Å². The van der Waals surface area contributed by atoms with Crippen LogP contribution in [0.4, 0.5) is 4.39 Å². The van der Waals surface area contributed by atoms with Crippen LogP contribution in [0, 0.1) is 5.82 Å². The summed E-state index contributed by atoms with van der Waals surface area (Å²) in [6, 6.07) is 3.95. The molecule has 0 aliphatic carbocycles.